The summed E-state index contributed by atoms with van der Waals surface area (Å²) < 4.78 is 6.87. The van der Waals surface area contributed by atoms with Gasteiger partial charge in [0.1, 0.15) is 5.82 Å². The Morgan fingerprint density at radius 3 is 3.04 bits per heavy atom. The summed E-state index contributed by atoms with van der Waals surface area (Å²) in [5.74, 6) is 1.56. The van der Waals surface area contributed by atoms with Gasteiger partial charge >= 0.3 is 5.97 Å². The van der Waals surface area contributed by atoms with Crippen LogP contribution < -0.4 is 4.90 Å². The number of benzene rings is 1. The van der Waals surface area contributed by atoms with Crippen molar-refractivity contribution in [1.82, 2.24) is 24.4 Å². The molecule has 1 fully saturated rings. The number of fused-ring (bicyclic) bond motifs is 2. The zero-order valence-electron chi connectivity index (χ0n) is 15.9. The molecule has 4 heterocycles. The summed E-state index contributed by atoms with van der Waals surface area (Å²) in [5.41, 5.74) is 2.78. The van der Waals surface area contributed by atoms with Crippen molar-refractivity contribution >= 4 is 28.5 Å². The second kappa shape index (κ2) is 6.40. The van der Waals surface area contributed by atoms with Crippen LogP contribution in [-0.2, 0) is 18.2 Å². The first kappa shape index (κ1) is 16.9. The smallest absolute Gasteiger partial charge is 0.337 e. The van der Waals surface area contributed by atoms with Gasteiger partial charge < -0.3 is 14.6 Å². The van der Waals surface area contributed by atoms with E-state index >= 15 is 0 Å². The minimum Gasteiger partial charge on any atom is -0.465 e. The first-order valence-corrected chi connectivity index (χ1v) is 9.47. The summed E-state index contributed by atoms with van der Waals surface area (Å²) in [6, 6.07) is 10.2. The molecule has 4 aromatic rings. The molecule has 0 bridgehead atoms. The van der Waals surface area contributed by atoms with Crippen LogP contribution in [0.1, 0.15) is 28.9 Å². The standard InChI is InChI=1S/C20H22N6O2/c1-24-23-20-21-8-7-18(26(20)24)25-9-3-4-16(25)12-15-11-14-10-13(19(27)28-2)5-6-17(14)22-15/h5-8,10-11,16,22H,3-4,9,12H2,1-2H3. The number of aryl methyl sites for hydroxylation is 1. The number of esters is 1. The summed E-state index contributed by atoms with van der Waals surface area (Å²) in [6.07, 6.45) is 5.04. The first-order valence-electron chi connectivity index (χ1n) is 9.47. The molecule has 1 aliphatic heterocycles. The average Bonchev–Trinajstić information content (AvgIpc) is 3.31. The van der Waals surface area contributed by atoms with Gasteiger partial charge in [0.15, 0.2) is 0 Å². The number of rotatable bonds is 4. The molecule has 1 aliphatic rings. The molecule has 0 amide bonds. The van der Waals surface area contributed by atoms with E-state index in [1.165, 1.54) is 12.8 Å². The van der Waals surface area contributed by atoms with E-state index in [2.05, 4.69) is 32.1 Å². The molecule has 8 heteroatoms. The molecule has 1 saturated heterocycles. The predicted molar refractivity (Wildman–Crippen MR) is 106 cm³/mol. The minimum atomic E-state index is -0.311. The molecule has 8 nitrogen and oxygen atoms in total. The summed E-state index contributed by atoms with van der Waals surface area (Å²) >= 11 is 0. The summed E-state index contributed by atoms with van der Waals surface area (Å²) in [6.45, 7) is 1.02. The topological polar surface area (TPSA) is 80.5 Å². The van der Waals surface area contributed by atoms with Crippen LogP contribution in [0.15, 0.2) is 36.5 Å². The number of anilines is 1. The van der Waals surface area contributed by atoms with Gasteiger partial charge in [-0.3, -0.25) is 0 Å². The number of H-pyrrole nitrogens is 1. The van der Waals surface area contributed by atoms with Gasteiger partial charge in [0, 0.05) is 48.8 Å². The Morgan fingerprint density at radius 2 is 2.21 bits per heavy atom. The molecule has 3 aromatic heterocycles. The fourth-order valence-electron chi connectivity index (χ4n) is 4.25. The Kier molecular flexibility index (Phi) is 3.85. The number of methoxy groups -OCH3 is 1. The molecular weight excluding hydrogens is 356 g/mol. The minimum absolute atomic E-state index is 0.311. The number of aromatic nitrogens is 5. The highest BCUT2D eigenvalue weighted by molar-refractivity contribution is 5.94. The summed E-state index contributed by atoms with van der Waals surface area (Å²) in [5, 5.41) is 5.33. The fourth-order valence-corrected chi connectivity index (χ4v) is 4.25. The molecule has 0 radical (unpaired) electrons. The van der Waals surface area contributed by atoms with Crippen LogP contribution in [0.4, 0.5) is 5.82 Å². The molecule has 1 N–H and O–H groups in total. The number of aromatic amines is 1. The normalized spacial score (nSPS) is 17.1. The number of carbonyl (C=O) groups excluding carboxylic acids is 1. The lowest BCUT2D eigenvalue weighted by atomic mass is 10.1. The zero-order valence-corrected chi connectivity index (χ0v) is 15.9. The van der Waals surface area contributed by atoms with Crippen molar-refractivity contribution < 1.29 is 9.53 Å². The average molecular weight is 378 g/mol. The van der Waals surface area contributed by atoms with E-state index in [1.807, 2.05) is 34.7 Å². The van der Waals surface area contributed by atoms with Crippen molar-refractivity contribution in [3.63, 3.8) is 0 Å². The van der Waals surface area contributed by atoms with E-state index in [1.54, 1.807) is 6.07 Å². The Bertz CT molecular complexity index is 1170. The Morgan fingerprint density at radius 1 is 1.32 bits per heavy atom. The summed E-state index contributed by atoms with van der Waals surface area (Å²) in [7, 11) is 3.33. The van der Waals surface area contributed by atoms with Gasteiger partial charge in [0.25, 0.3) is 5.78 Å². The largest absolute Gasteiger partial charge is 0.465 e. The highest BCUT2D eigenvalue weighted by Gasteiger charge is 2.28. The van der Waals surface area contributed by atoms with Gasteiger partial charge in [-0.05, 0) is 43.2 Å². The van der Waals surface area contributed by atoms with Crippen molar-refractivity contribution in [3.8, 4) is 0 Å². The molecule has 0 spiro atoms. The third-order valence-electron chi connectivity index (χ3n) is 5.57. The van der Waals surface area contributed by atoms with Crippen LogP contribution in [0.2, 0.25) is 0 Å². The van der Waals surface area contributed by atoms with Crippen molar-refractivity contribution in [1.29, 1.82) is 0 Å². The van der Waals surface area contributed by atoms with E-state index in [-0.39, 0.29) is 5.97 Å². The predicted octanol–water partition coefficient (Wildman–Crippen LogP) is 2.55. The van der Waals surface area contributed by atoms with Crippen molar-refractivity contribution in [2.75, 3.05) is 18.6 Å². The molecule has 0 saturated carbocycles. The maximum atomic E-state index is 11.8. The van der Waals surface area contributed by atoms with Crippen molar-refractivity contribution in [3.05, 3.63) is 47.8 Å². The lowest BCUT2D eigenvalue weighted by molar-refractivity contribution is 0.0601. The quantitative estimate of drug-likeness (QED) is 0.552. The number of hydrogen-bond acceptors (Lipinski definition) is 5. The molecular formula is C20H22N6O2. The van der Waals surface area contributed by atoms with Crippen molar-refractivity contribution in [2.24, 2.45) is 7.05 Å². The van der Waals surface area contributed by atoms with Gasteiger partial charge in [-0.25, -0.2) is 9.78 Å². The third kappa shape index (κ3) is 2.64. The number of carbonyl (C=O) groups is 1. The first-order chi connectivity index (χ1) is 13.6. The Hall–Kier alpha value is -3.29. The Balaban J connectivity index is 1.43. The SMILES string of the molecule is COC(=O)c1ccc2[nH]c(CC3CCCN3c3ccnc4nn(C)n34)cc2c1. The Labute approximate surface area is 161 Å². The number of ether oxygens (including phenoxy) is 1. The van der Waals surface area contributed by atoms with Gasteiger partial charge in [0.05, 0.1) is 12.7 Å². The lowest BCUT2D eigenvalue weighted by Crippen LogP contribution is -2.35. The monoisotopic (exact) mass is 378 g/mol. The van der Waals surface area contributed by atoms with E-state index in [0.717, 1.165) is 48.3 Å². The highest BCUT2D eigenvalue weighted by atomic mass is 16.5. The van der Waals surface area contributed by atoms with Crippen molar-refractivity contribution in [2.45, 2.75) is 25.3 Å². The molecule has 1 unspecified atom stereocenters. The van der Waals surface area contributed by atoms with Gasteiger partial charge in [0.2, 0.25) is 0 Å². The van der Waals surface area contributed by atoms with Gasteiger partial charge in [-0.2, -0.15) is 9.31 Å². The van der Waals surface area contributed by atoms with E-state index in [4.69, 9.17) is 4.74 Å². The second-order valence-electron chi connectivity index (χ2n) is 7.29. The zero-order chi connectivity index (χ0) is 19.3. The highest BCUT2D eigenvalue weighted by Crippen LogP contribution is 2.29. The molecule has 144 valence electrons. The molecule has 1 aromatic carbocycles. The summed E-state index contributed by atoms with van der Waals surface area (Å²) in [4.78, 5) is 23.8. The number of nitrogens with one attached hydrogen (secondary N) is 1. The van der Waals surface area contributed by atoms with E-state index in [0.29, 0.717) is 11.6 Å². The van der Waals surface area contributed by atoms with Gasteiger partial charge in [-0.15, -0.1) is 5.10 Å². The molecule has 5 rings (SSSR count). The molecule has 28 heavy (non-hydrogen) atoms. The molecule has 0 aliphatic carbocycles. The van der Waals surface area contributed by atoms with Crippen LogP contribution in [-0.4, -0.2) is 50.0 Å². The van der Waals surface area contributed by atoms with Crippen LogP contribution in [0.5, 0.6) is 0 Å². The number of nitrogens with zero attached hydrogens (tertiary/aromatic N) is 5. The van der Waals surface area contributed by atoms with Gasteiger partial charge in [-0.1, -0.05) is 0 Å². The lowest BCUT2D eigenvalue weighted by Gasteiger charge is -2.29. The van der Waals surface area contributed by atoms with Crippen LogP contribution in [0.25, 0.3) is 16.7 Å². The van der Waals surface area contributed by atoms with E-state index < -0.39 is 0 Å². The third-order valence-corrected chi connectivity index (χ3v) is 5.57. The number of hydrogen-bond donors (Lipinski definition) is 1. The maximum absolute atomic E-state index is 11.8. The second-order valence-corrected chi connectivity index (χ2v) is 7.29. The fraction of sp³-hybridized carbons (Fsp3) is 0.350. The van der Waals surface area contributed by atoms with Crippen LogP contribution in [0.3, 0.4) is 0 Å². The van der Waals surface area contributed by atoms with Crippen LogP contribution in [0, 0.1) is 0 Å². The van der Waals surface area contributed by atoms with Crippen LogP contribution >= 0.6 is 0 Å². The maximum Gasteiger partial charge on any atom is 0.337 e. The van der Waals surface area contributed by atoms with E-state index in [9.17, 15) is 4.79 Å². The molecule has 1 atom stereocenters.